The normalized spacial score (nSPS) is 14.5. The zero-order valence-electron chi connectivity index (χ0n) is 14.8. The van der Waals surface area contributed by atoms with Gasteiger partial charge in [0, 0.05) is 12.6 Å². The van der Waals surface area contributed by atoms with E-state index in [9.17, 15) is 9.90 Å². The molecule has 0 aromatic heterocycles. The van der Waals surface area contributed by atoms with Gasteiger partial charge in [-0.25, -0.2) is 0 Å². The van der Waals surface area contributed by atoms with Crippen molar-refractivity contribution < 1.29 is 9.90 Å². The Hall–Kier alpha value is -2.68. The second-order valence-electron chi connectivity index (χ2n) is 5.13. The molecule has 0 saturated heterocycles. The number of aliphatic hydroxyl groups excluding tert-OH is 1. The lowest BCUT2D eigenvalue weighted by atomic mass is 10.1. The summed E-state index contributed by atoms with van der Waals surface area (Å²) < 4.78 is 0. The predicted molar refractivity (Wildman–Crippen MR) is 104 cm³/mol. The molecule has 0 bridgehead atoms. The van der Waals surface area contributed by atoms with Crippen molar-refractivity contribution >= 4 is 12.0 Å². The number of Topliss-reactive ketones (excluding diaryl/α,β-unsaturated/α-hetero) is 1. The van der Waals surface area contributed by atoms with Gasteiger partial charge in [0.05, 0.1) is 11.3 Å². The van der Waals surface area contributed by atoms with E-state index in [0.717, 1.165) is 5.57 Å². The maximum absolute atomic E-state index is 11.8. The number of aliphatic imine (C=N–C) groups is 1. The van der Waals surface area contributed by atoms with Crippen LogP contribution in [0, 0.1) is 0 Å². The molecule has 0 radical (unpaired) electrons. The van der Waals surface area contributed by atoms with E-state index < -0.39 is 0 Å². The van der Waals surface area contributed by atoms with Crippen LogP contribution in [0.5, 0.6) is 0 Å². The van der Waals surface area contributed by atoms with Gasteiger partial charge < -0.3 is 5.11 Å². The molecule has 0 fully saturated rings. The van der Waals surface area contributed by atoms with Gasteiger partial charge in [-0.3, -0.25) is 9.79 Å². The summed E-state index contributed by atoms with van der Waals surface area (Å²) in [4.78, 5) is 16.0. The second kappa shape index (κ2) is 12.8. The molecule has 0 spiro atoms. The molecule has 0 aliphatic carbocycles. The first-order valence-electron chi connectivity index (χ1n) is 7.83. The van der Waals surface area contributed by atoms with E-state index >= 15 is 0 Å². The number of ketones is 1. The number of allylic oxidation sites excluding steroid dienone is 11. The van der Waals surface area contributed by atoms with Gasteiger partial charge in [0.25, 0.3) is 0 Å². The Kier molecular flexibility index (Phi) is 11.4. The standard InChI is InChI=1S/C21H27NO2/c1-6-9-11-12-17(4)14-15-21(24)20(18(5)23)16-22-19(8-3)13-10-7-2/h6-13,16,24H,1,3,14-15H2,2,4-5H3/b10-7-,11-9-,17-12+,19-13+,21-20?,22-16?. The molecule has 0 aliphatic rings. The average molecular weight is 325 g/mol. The van der Waals surface area contributed by atoms with Gasteiger partial charge in [-0.2, -0.15) is 0 Å². The summed E-state index contributed by atoms with van der Waals surface area (Å²) >= 11 is 0. The number of hydrogen-bond acceptors (Lipinski definition) is 3. The van der Waals surface area contributed by atoms with Crippen LogP contribution in [0.2, 0.25) is 0 Å². The quantitative estimate of drug-likeness (QED) is 0.247. The van der Waals surface area contributed by atoms with E-state index in [0.29, 0.717) is 18.5 Å². The first kappa shape index (κ1) is 21.3. The highest BCUT2D eigenvalue weighted by Crippen LogP contribution is 2.14. The fourth-order valence-corrected chi connectivity index (χ4v) is 1.70. The lowest BCUT2D eigenvalue weighted by Crippen LogP contribution is -2.04. The molecule has 0 aromatic carbocycles. The Bertz CT molecular complexity index is 626. The first-order valence-corrected chi connectivity index (χ1v) is 7.83. The number of aliphatic hydroxyl groups is 1. The van der Waals surface area contributed by atoms with Crippen LogP contribution in [0.15, 0.2) is 89.4 Å². The minimum atomic E-state index is -0.223. The van der Waals surface area contributed by atoms with Crippen molar-refractivity contribution in [2.75, 3.05) is 0 Å². The fourth-order valence-electron chi connectivity index (χ4n) is 1.70. The second-order valence-corrected chi connectivity index (χ2v) is 5.13. The minimum Gasteiger partial charge on any atom is -0.511 e. The summed E-state index contributed by atoms with van der Waals surface area (Å²) in [5.74, 6) is -0.181. The third-order valence-electron chi connectivity index (χ3n) is 3.09. The van der Waals surface area contributed by atoms with Gasteiger partial charge in [-0.15, -0.1) is 0 Å². The Balaban J connectivity index is 5.19. The van der Waals surface area contributed by atoms with Crippen LogP contribution in [0.25, 0.3) is 0 Å². The molecule has 0 unspecified atom stereocenters. The summed E-state index contributed by atoms with van der Waals surface area (Å²) in [7, 11) is 0. The molecule has 0 saturated carbocycles. The number of rotatable bonds is 10. The largest absolute Gasteiger partial charge is 0.511 e. The van der Waals surface area contributed by atoms with Crippen molar-refractivity contribution in [3.63, 3.8) is 0 Å². The van der Waals surface area contributed by atoms with Crippen molar-refractivity contribution in [3.05, 3.63) is 84.4 Å². The zero-order chi connectivity index (χ0) is 18.4. The van der Waals surface area contributed by atoms with E-state index in [-0.39, 0.29) is 17.1 Å². The van der Waals surface area contributed by atoms with Gasteiger partial charge >= 0.3 is 0 Å². The molecule has 0 amide bonds. The molecule has 0 rings (SSSR count). The van der Waals surface area contributed by atoms with Crippen molar-refractivity contribution in [1.29, 1.82) is 0 Å². The fraction of sp³-hybridized carbons (Fsp3) is 0.238. The molecular formula is C21H27NO2. The van der Waals surface area contributed by atoms with Gasteiger partial charge in [-0.1, -0.05) is 55.2 Å². The Morgan fingerprint density at radius 3 is 2.33 bits per heavy atom. The molecule has 0 atom stereocenters. The van der Waals surface area contributed by atoms with Crippen molar-refractivity contribution in [3.8, 4) is 0 Å². The lowest BCUT2D eigenvalue weighted by molar-refractivity contribution is -0.113. The Labute approximate surface area is 145 Å². The Morgan fingerprint density at radius 2 is 1.79 bits per heavy atom. The maximum Gasteiger partial charge on any atom is 0.164 e. The number of carbonyl (C=O) groups is 1. The topological polar surface area (TPSA) is 49.7 Å². The summed E-state index contributed by atoms with van der Waals surface area (Å²) in [6.45, 7) is 12.6. The smallest absolute Gasteiger partial charge is 0.164 e. The first-order chi connectivity index (χ1) is 11.5. The lowest BCUT2D eigenvalue weighted by Gasteiger charge is -2.05. The molecule has 0 aliphatic heterocycles. The van der Waals surface area contributed by atoms with Gasteiger partial charge in [0.15, 0.2) is 5.78 Å². The molecule has 0 aromatic rings. The molecule has 0 heterocycles. The summed E-state index contributed by atoms with van der Waals surface area (Å²) in [5, 5.41) is 10.2. The highest BCUT2D eigenvalue weighted by Gasteiger charge is 2.09. The van der Waals surface area contributed by atoms with E-state index in [2.05, 4.69) is 18.2 Å². The van der Waals surface area contributed by atoms with Gasteiger partial charge in [0.2, 0.25) is 0 Å². The summed E-state index contributed by atoms with van der Waals surface area (Å²) in [5.41, 5.74) is 1.93. The zero-order valence-corrected chi connectivity index (χ0v) is 14.8. The third-order valence-corrected chi connectivity index (χ3v) is 3.09. The highest BCUT2D eigenvalue weighted by atomic mass is 16.3. The average Bonchev–Trinajstić information content (AvgIpc) is 2.55. The molecule has 3 heteroatoms. The van der Waals surface area contributed by atoms with Gasteiger partial charge in [0.1, 0.15) is 5.76 Å². The third kappa shape index (κ3) is 9.36. The van der Waals surface area contributed by atoms with Crippen LogP contribution in [-0.4, -0.2) is 17.1 Å². The predicted octanol–water partition coefficient (Wildman–Crippen LogP) is 5.57. The summed E-state index contributed by atoms with van der Waals surface area (Å²) in [6, 6.07) is 0. The monoisotopic (exact) mass is 325 g/mol. The van der Waals surface area contributed by atoms with E-state index in [1.165, 1.54) is 13.1 Å². The Morgan fingerprint density at radius 1 is 1.08 bits per heavy atom. The van der Waals surface area contributed by atoms with Crippen LogP contribution in [0.3, 0.4) is 0 Å². The van der Waals surface area contributed by atoms with E-state index in [1.54, 1.807) is 18.2 Å². The van der Waals surface area contributed by atoms with Crippen molar-refractivity contribution in [1.82, 2.24) is 0 Å². The van der Waals surface area contributed by atoms with Crippen LogP contribution >= 0.6 is 0 Å². The van der Waals surface area contributed by atoms with E-state index in [4.69, 9.17) is 0 Å². The molecule has 3 nitrogen and oxygen atoms in total. The minimum absolute atomic E-state index is 0.0427. The van der Waals surface area contributed by atoms with E-state index in [1.807, 2.05) is 44.2 Å². The number of hydrogen-bond donors (Lipinski definition) is 1. The van der Waals surface area contributed by atoms with Crippen molar-refractivity contribution in [2.24, 2.45) is 4.99 Å². The number of nitrogens with zero attached hydrogens (tertiary/aromatic N) is 1. The van der Waals surface area contributed by atoms with Crippen LogP contribution in [0.1, 0.15) is 33.6 Å². The maximum atomic E-state index is 11.8. The van der Waals surface area contributed by atoms with Crippen molar-refractivity contribution in [2.45, 2.75) is 33.6 Å². The highest BCUT2D eigenvalue weighted by molar-refractivity contribution is 6.12. The van der Waals surface area contributed by atoms with Crippen LogP contribution in [0.4, 0.5) is 0 Å². The molecule has 128 valence electrons. The SMILES string of the molecule is C=C/C=C\C=C(/C)CCC(O)=C(C=N/C(C=C)=C/C=C\C)C(C)=O. The van der Waals surface area contributed by atoms with Crippen LogP contribution in [-0.2, 0) is 4.79 Å². The number of carbonyl (C=O) groups excluding carboxylic acids is 1. The summed E-state index contributed by atoms with van der Waals surface area (Å²) in [6.07, 6.45) is 16.9. The van der Waals surface area contributed by atoms with Crippen LogP contribution < -0.4 is 0 Å². The van der Waals surface area contributed by atoms with Gasteiger partial charge in [-0.05, 0) is 39.3 Å². The molecule has 1 N–H and O–H groups in total. The molecule has 24 heavy (non-hydrogen) atoms. The molecular weight excluding hydrogens is 298 g/mol.